The van der Waals surface area contributed by atoms with Crippen LogP contribution in [0.3, 0.4) is 0 Å². The van der Waals surface area contributed by atoms with Crippen molar-refractivity contribution in [2.45, 2.75) is 18.4 Å². The fraction of sp³-hybridized carbons (Fsp3) is 0.250. The molecule has 0 heterocycles. The van der Waals surface area contributed by atoms with Crippen molar-refractivity contribution in [1.29, 1.82) is 0 Å². The number of hydrogen-bond donors (Lipinski definition) is 1. The van der Waals surface area contributed by atoms with Gasteiger partial charge in [-0.1, -0.05) is 29.8 Å². The molecule has 0 radical (unpaired) electrons. The van der Waals surface area contributed by atoms with Gasteiger partial charge in [0.25, 0.3) is 0 Å². The largest absolute Gasteiger partial charge is 0.490 e. The van der Waals surface area contributed by atoms with Crippen LogP contribution in [0, 0.1) is 0 Å². The maximum absolute atomic E-state index is 11.4. The number of rotatable bonds is 6. The lowest BCUT2D eigenvalue weighted by Crippen LogP contribution is -2.03. The summed E-state index contributed by atoms with van der Waals surface area (Å²) in [5, 5.41) is 3.91. The fourth-order valence-electron chi connectivity index (χ4n) is 1.94. The van der Waals surface area contributed by atoms with Crippen molar-refractivity contribution < 1.29 is 8.95 Å². The lowest BCUT2D eigenvalue weighted by atomic mass is 10.2. The Morgan fingerprint density at radius 3 is 2.52 bits per heavy atom. The molecule has 2 aromatic carbocycles. The third-order valence-electron chi connectivity index (χ3n) is 2.99. The molecule has 0 bridgehead atoms. The van der Waals surface area contributed by atoms with Crippen molar-refractivity contribution in [3.8, 4) is 5.75 Å². The SMILES string of the molecule is CCOc1c(Cl)cccc1NCc1ccc([S@@](C)=O)cc1. The lowest BCUT2D eigenvalue weighted by Gasteiger charge is -2.13. The molecule has 112 valence electrons. The summed E-state index contributed by atoms with van der Waals surface area (Å²) in [5.41, 5.74) is 1.97. The van der Waals surface area contributed by atoms with Gasteiger partial charge in [-0.3, -0.25) is 4.21 Å². The summed E-state index contributed by atoms with van der Waals surface area (Å²) in [4.78, 5) is 0.830. The van der Waals surface area contributed by atoms with Crippen LogP contribution in [0.5, 0.6) is 5.75 Å². The van der Waals surface area contributed by atoms with Crippen LogP contribution in [-0.2, 0) is 17.3 Å². The van der Waals surface area contributed by atoms with Gasteiger partial charge in [-0.15, -0.1) is 0 Å². The van der Waals surface area contributed by atoms with Crippen molar-refractivity contribution in [3.05, 3.63) is 53.1 Å². The average Bonchev–Trinajstić information content (AvgIpc) is 2.48. The molecule has 3 nitrogen and oxygen atoms in total. The Bertz CT molecular complexity index is 629. The Kier molecular flexibility index (Phi) is 5.65. The predicted octanol–water partition coefficient (Wildman–Crippen LogP) is 4.09. The van der Waals surface area contributed by atoms with Gasteiger partial charge in [0, 0.05) is 28.5 Å². The van der Waals surface area contributed by atoms with Crippen LogP contribution in [0.2, 0.25) is 5.02 Å². The van der Waals surface area contributed by atoms with Gasteiger partial charge >= 0.3 is 0 Å². The van der Waals surface area contributed by atoms with Gasteiger partial charge in [0.1, 0.15) is 0 Å². The van der Waals surface area contributed by atoms with Crippen LogP contribution in [0.15, 0.2) is 47.4 Å². The second kappa shape index (κ2) is 7.48. The van der Waals surface area contributed by atoms with E-state index in [2.05, 4.69) is 5.32 Å². The molecule has 5 heteroatoms. The first kappa shape index (κ1) is 15.9. The molecule has 0 amide bonds. The summed E-state index contributed by atoms with van der Waals surface area (Å²) in [6, 6.07) is 13.3. The smallest absolute Gasteiger partial charge is 0.160 e. The minimum atomic E-state index is -0.944. The zero-order valence-electron chi connectivity index (χ0n) is 12.1. The van der Waals surface area contributed by atoms with Crippen molar-refractivity contribution >= 4 is 28.1 Å². The molecule has 1 N–H and O–H groups in total. The van der Waals surface area contributed by atoms with E-state index < -0.39 is 10.8 Å². The van der Waals surface area contributed by atoms with Crippen LogP contribution in [0.4, 0.5) is 5.69 Å². The summed E-state index contributed by atoms with van der Waals surface area (Å²) < 4.78 is 16.9. The van der Waals surface area contributed by atoms with Gasteiger partial charge in [0.05, 0.1) is 17.3 Å². The van der Waals surface area contributed by atoms with Crippen LogP contribution in [-0.4, -0.2) is 17.1 Å². The topological polar surface area (TPSA) is 38.3 Å². The Morgan fingerprint density at radius 2 is 1.90 bits per heavy atom. The maximum Gasteiger partial charge on any atom is 0.160 e. The van der Waals surface area contributed by atoms with E-state index in [1.165, 1.54) is 0 Å². The van der Waals surface area contributed by atoms with Crippen LogP contribution in [0.25, 0.3) is 0 Å². The molecule has 2 aromatic rings. The number of ether oxygens (including phenoxy) is 1. The van der Waals surface area contributed by atoms with E-state index in [-0.39, 0.29) is 0 Å². The summed E-state index contributed by atoms with van der Waals surface area (Å²) in [7, 11) is -0.944. The van der Waals surface area contributed by atoms with E-state index in [1.54, 1.807) is 6.26 Å². The molecular formula is C16H18ClNO2S. The van der Waals surface area contributed by atoms with Crippen molar-refractivity contribution in [3.63, 3.8) is 0 Å². The van der Waals surface area contributed by atoms with Gasteiger partial charge < -0.3 is 10.1 Å². The third kappa shape index (κ3) is 4.22. The van der Waals surface area contributed by atoms with E-state index >= 15 is 0 Å². The molecule has 2 rings (SSSR count). The molecule has 0 saturated heterocycles. The van der Waals surface area contributed by atoms with Crippen LogP contribution in [0.1, 0.15) is 12.5 Å². The molecular weight excluding hydrogens is 306 g/mol. The highest BCUT2D eigenvalue weighted by Gasteiger charge is 2.07. The normalized spacial score (nSPS) is 12.0. The molecule has 0 aliphatic heterocycles. The van der Waals surface area contributed by atoms with Crippen LogP contribution < -0.4 is 10.1 Å². The van der Waals surface area contributed by atoms with Gasteiger partial charge in [-0.05, 0) is 36.8 Å². The predicted molar refractivity (Wildman–Crippen MR) is 88.7 cm³/mol. The second-order valence-electron chi connectivity index (χ2n) is 4.50. The van der Waals surface area contributed by atoms with E-state index in [9.17, 15) is 4.21 Å². The molecule has 0 aliphatic rings. The number of hydrogen-bond acceptors (Lipinski definition) is 3. The van der Waals surface area contributed by atoms with Gasteiger partial charge in [0.15, 0.2) is 5.75 Å². The lowest BCUT2D eigenvalue weighted by molar-refractivity contribution is 0.342. The highest BCUT2D eigenvalue weighted by Crippen LogP contribution is 2.33. The summed E-state index contributed by atoms with van der Waals surface area (Å²) in [6.07, 6.45) is 1.67. The van der Waals surface area contributed by atoms with E-state index in [0.29, 0.717) is 23.9 Å². The van der Waals surface area contributed by atoms with Gasteiger partial charge in [-0.25, -0.2) is 0 Å². The second-order valence-corrected chi connectivity index (χ2v) is 6.29. The molecule has 0 spiro atoms. The average molecular weight is 324 g/mol. The molecule has 0 aromatic heterocycles. The van der Waals surface area contributed by atoms with Gasteiger partial charge in [0.2, 0.25) is 0 Å². The van der Waals surface area contributed by atoms with Crippen molar-refractivity contribution in [2.24, 2.45) is 0 Å². The summed E-state index contributed by atoms with van der Waals surface area (Å²) >= 11 is 6.15. The van der Waals surface area contributed by atoms with Crippen molar-refractivity contribution in [2.75, 3.05) is 18.2 Å². The molecule has 0 unspecified atom stereocenters. The highest BCUT2D eigenvalue weighted by molar-refractivity contribution is 7.84. The molecule has 0 aliphatic carbocycles. The van der Waals surface area contributed by atoms with E-state index in [0.717, 1.165) is 16.1 Å². The third-order valence-corrected chi connectivity index (χ3v) is 4.23. The van der Waals surface area contributed by atoms with Crippen molar-refractivity contribution in [1.82, 2.24) is 0 Å². The quantitative estimate of drug-likeness (QED) is 0.870. The van der Waals surface area contributed by atoms with E-state index in [4.69, 9.17) is 16.3 Å². The first-order valence-corrected chi connectivity index (χ1v) is 8.63. The minimum Gasteiger partial charge on any atom is -0.490 e. The zero-order chi connectivity index (χ0) is 15.2. The number of benzene rings is 2. The monoisotopic (exact) mass is 323 g/mol. The Morgan fingerprint density at radius 1 is 1.19 bits per heavy atom. The molecule has 0 saturated carbocycles. The minimum absolute atomic E-state index is 0.565. The Balaban J connectivity index is 2.09. The standard InChI is InChI=1S/C16H18ClNO2S/c1-3-20-16-14(17)5-4-6-15(16)18-11-12-7-9-13(10-8-12)21(2)19/h4-10,18H,3,11H2,1-2H3/t21-/m1/s1. The molecule has 21 heavy (non-hydrogen) atoms. The Labute approximate surface area is 132 Å². The van der Waals surface area contributed by atoms with E-state index in [1.807, 2.05) is 49.4 Å². The fourth-order valence-corrected chi connectivity index (χ4v) is 2.68. The number of para-hydroxylation sites is 1. The number of nitrogens with one attached hydrogen (secondary N) is 1. The summed E-state index contributed by atoms with van der Waals surface area (Å²) in [5.74, 6) is 0.674. The Hall–Kier alpha value is -1.52. The number of halogens is 1. The zero-order valence-corrected chi connectivity index (χ0v) is 13.6. The van der Waals surface area contributed by atoms with Crippen LogP contribution >= 0.6 is 11.6 Å². The maximum atomic E-state index is 11.4. The van der Waals surface area contributed by atoms with Gasteiger partial charge in [-0.2, -0.15) is 0 Å². The number of anilines is 1. The molecule has 1 atom stereocenters. The first-order valence-electron chi connectivity index (χ1n) is 6.69. The summed E-state index contributed by atoms with van der Waals surface area (Å²) in [6.45, 7) is 3.14. The molecule has 0 fully saturated rings. The first-order chi connectivity index (χ1) is 10.1. The highest BCUT2D eigenvalue weighted by atomic mass is 35.5.